The first-order valence-corrected chi connectivity index (χ1v) is 9.57. The van der Waals surface area contributed by atoms with E-state index >= 15 is 0 Å². The van der Waals surface area contributed by atoms with Crippen molar-refractivity contribution in [2.45, 2.75) is 25.5 Å². The molecular formula is C19H21N3O3S. The van der Waals surface area contributed by atoms with E-state index in [4.69, 9.17) is 9.47 Å². The van der Waals surface area contributed by atoms with Crippen molar-refractivity contribution < 1.29 is 14.3 Å². The first-order valence-electron chi connectivity index (χ1n) is 8.69. The Bertz CT molecular complexity index is 852. The van der Waals surface area contributed by atoms with Crippen molar-refractivity contribution in [3.05, 3.63) is 53.3 Å². The lowest BCUT2D eigenvalue weighted by atomic mass is 10.1. The Balaban J connectivity index is 1.56. The van der Waals surface area contributed by atoms with Crippen molar-refractivity contribution in [1.29, 1.82) is 0 Å². The number of methoxy groups -OCH3 is 1. The summed E-state index contributed by atoms with van der Waals surface area (Å²) in [6.07, 6.45) is 5.85. The van der Waals surface area contributed by atoms with Crippen LogP contribution in [0.25, 0.3) is 4.96 Å². The van der Waals surface area contributed by atoms with Gasteiger partial charge in [-0.25, -0.2) is 4.98 Å². The second-order valence-electron chi connectivity index (χ2n) is 6.39. The number of imidazole rings is 1. The number of aromatic nitrogens is 2. The molecule has 3 aromatic rings. The zero-order valence-corrected chi connectivity index (χ0v) is 15.4. The van der Waals surface area contributed by atoms with Crippen LogP contribution in [0.2, 0.25) is 0 Å². The van der Waals surface area contributed by atoms with Crippen molar-refractivity contribution in [1.82, 2.24) is 14.3 Å². The van der Waals surface area contributed by atoms with Gasteiger partial charge in [0, 0.05) is 37.5 Å². The van der Waals surface area contributed by atoms with Crippen molar-refractivity contribution in [2.75, 3.05) is 20.3 Å². The van der Waals surface area contributed by atoms with Crippen LogP contribution in [0, 0.1) is 0 Å². The van der Waals surface area contributed by atoms with Gasteiger partial charge in [-0.2, -0.15) is 0 Å². The quantitative estimate of drug-likeness (QED) is 0.668. The molecule has 136 valence electrons. The third-order valence-electron chi connectivity index (χ3n) is 4.58. The fourth-order valence-electron chi connectivity index (χ4n) is 3.20. The number of nitrogens with zero attached hydrogens (tertiary/aromatic N) is 3. The minimum absolute atomic E-state index is 0.0628. The topological polar surface area (TPSA) is 56.1 Å². The van der Waals surface area contributed by atoms with Gasteiger partial charge in [-0.1, -0.05) is 12.1 Å². The summed E-state index contributed by atoms with van der Waals surface area (Å²) in [5, 5.41) is 1.96. The van der Waals surface area contributed by atoms with Crippen molar-refractivity contribution in [2.24, 2.45) is 0 Å². The molecule has 0 bridgehead atoms. The van der Waals surface area contributed by atoms with Crippen molar-refractivity contribution >= 4 is 22.2 Å². The van der Waals surface area contributed by atoms with Crippen molar-refractivity contribution in [3.63, 3.8) is 0 Å². The lowest BCUT2D eigenvalue weighted by Crippen LogP contribution is -2.37. The molecule has 4 rings (SSSR count). The zero-order valence-electron chi connectivity index (χ0n) is 14.6. The molecule has 1 aliphatic heterocycles. The van der Waals surface area contributed by atoms with E-state index in [1.807, 2.05) is 45.1 Å². The Hall–Kier alpha value is -2.38. The smallest absolute Gasteiger partial charge is 0.274 e. The SMILES string of the molecule is COc1ccc(CN(C[C@H]2CCCO2)C(=O)c2cn3ccsc3n2)cc1. The van der Waals surface area contributed by atoms with Crippen LogP contribution in [-0.2, 0) is 11.3 Å². The van der Waals surface area contributed by atoms with Gasteiger partial charge in [-0.05, 0) is 30.5 Å². The Kier molecular flexibility index (Phi) is 4.90. The highest BCUT2D eigenvalue weighted by molar-refractivity contribution is 7.15. The molecule has 0 spiro atoms. The minimum atomic E-state index is -0.0628. The highest BCUT2D eigenvalue weighted by atomic mass is 32.1. The van der Waals surface area contributed by atoms with E-state index in [0.29, 0.717) is 18.8 Å². The maximum absolute atomic E-state index is 13.1. The van der Waals surface area contributed by atoms with Crippen LogP contribution in [0.4, 0.5) is 0 Å². The molecule has 26 heavy (non-hydrogen) atoms. The van der Waals surface area contributed by atoms with Crippen LogP contribution in [0.5, 0.6) is 5.75 Å². The van der Waals surface area contributed by atoms with Crippen LogP contribution in [0.3, 0.4) is 0 Å². The molecular weight excluding hydrogens is 350 g/mol. The lowest BCUT2D eigenvalue weighted by molar-refractivity contribution is 0.0503. The summed E-state index contributed by atoms with van der Waals surface area (Å²) in [7, 11) is 1.65. The summed E-state index contributed by atoms with van der Waals surface area (Å²) in [6.45, 7) is 1.87. The molecule has 1 amide bonds. The Morgan fingerprint density at radius 1 is 1.42 bits per heavy atom. The molecule has 0 unspecified atom stereocenters. The third-order valence-corrected chi connectivity index (χ3v) is 5.35. The van der Waals surface area contributed by atoms with Crippen molar-refractivity contribution in [3.8, 4) is 5.75 Å². The van der Waals surface area contributed by atoms with Gasteiger partial charge in [0.15, 0.2) is 4.96 Å². The third kappa shape index (κ3) is 3.59. The number of rotatable bonds is 6. The zero-order chi connectivity index (χ0) is 17.9. The fraction of sp³-hybridized carbons (Fsp3) is 0.368. The van der Waals surface area contributed by atoms with Crippen LogP contribution >= 0.6 is 11.3 Å². The number of benzene rings is 1. The number of carbonyl (C=O) groups is 1. The number of fused-ring (bicyclic) bond motifs is 1. The molecule has 1 atom stereocenters. The van der Waals surface area contributed by atoms with Gasteiger partial charge < -0.3 is 14.4 Å². The van der Waals surface area contributed by atoms with Gasteiger partial charge in [-0.3, -0.25) is 9.20 Å². The average molecular weight is 371 g/mol. The van der Waals surface area contributed by atoms with E-state index in [2.05, 4.69) is 4.98 Å². The highest BCUT2D eigenvalue weighted by Crippen LogP contribution is 2.20. The molecule has 0 saturated carbocycles. The maximum Gasteiger partial charge on any atom is 0.274 e. The summed E-state index contributed by atoms with van der Waals surface area (Å²) < 4.78 is 12.8. The van der Waals surface area contributed by atoms with Gasteiger partial charge in [0.2, 0.25) is 0 Å². The lowest BCUT2D eigenvalue weighted by Gasteiger charge is -2.25. The highest BCUT2D eigenvalue weighted by Gasteiger charge is 2.25. The number of hydrogen-bond donors (Lipinski definition) is 0. The number of hydrogen-bond acceptors (Lipinski definition) is 5. The second kappa shape index (κ2) is 7.47. The molecule has 0 radical (unpaired) electrons. The van der Waals surface area contributed by atoms with Gasteiger partial charge in [0.1, 0.15) is 11.4 Å². The average Bonchev–Trinajstić information content (AvgIpc) is 3.38. The van der Waals surface area contributed by atoms with E-state index < -0.39 is 0 Å². The Labute approximate surface area is 156 Å². The normalized spacial score (nSPS) is 16.9. The monoisotopic (exact) mass is 371 g/mol. The molecule has 1 aliphatic rings. The number of amides is 1. The van der Waals surface area contributed by atoms with Gasteiger partial charge in [0.05, 0.1) is 13.2 Å². The minimum Gasteiger partial charge on any atom is -0.497 e. The fourth-order valence-corrected chi connectivity index (χ4v) is 3.90. The molecule has 0 aliphatic carbocycles. The first-order chi connectivity index (χ1) is 12.7. The summed E-state index contributed by atoms with van der Waals surface area (Å²) in [5.41, 5.74) is 1.53. The van der Waals surface area contributed by atoms with E-state index in [0.717, 1.165) is 35.7 Å². The Morgan fingerprint density at radius 3 is 2.96 bits per heavy atom. The predicted octanol–water partition coefficient (Wildman–Crippen LogP) is 3.23. The van der Waals surface area contributed by atoms with E-state index in [-0.39, 0.29) is 12.0 Å². The van der Waals surface area contributed by atoms with E-state index in [1.54, 1.807) is 13.3 Å². The number of ether oxygens (including phenoxy) is 2. The standard InChI is InChI=1S/C19H21N3O3S/c1-24-15-6-4-14(5-7-15)11-22(12-16-3-2-9-25-16)18(23)17-13-21-8-10-26-19(21)20-17/h4-8,10,13,16H,2-3,9,11-12H2,1H3/t16-/m1/s1. The molecule has 1 fully saturated rings. The molecule has 7 heteroatoms. The second-order valence-corrected chi connectivity index (χ2v) is 7.26. The largest absolute Gasteiger partial charge is 0.497 e. The van der Waals surface area contributed by atoms with Crippen LogP contribution in [0.15, 0.2) is 42.0 Å². The van der Waals surface area contributed by atoms with E-state index in [9.17, 15) is 4.79 Å². The van der Waals surface area contributed by atoms with Gasteiger partial charge in [0.25, 0.3) is 5.91 Å². The summed E-state index contributed by atoms with van der Waals surface area (Å²) >= 11 is 1.52. The molecule has 0 N–H and O–H groups in total. The van der Waals surface area contributed by atoms with Crippen LogP contribution in [0.1, 0.15) is 28.9 Å². The molecule has 6 nitrogen and oxygen atoms in total. The molecule has 1 saturated heterocycles. The number of thiazole rings is 1. The Morgan fingerprint density at radius 2 is 2.27 bits per heavy atom. The number of carbonyl (C=O) groups excluding carboxylic acids is 1. The summed E-state index contributed by atoms with van der Waals surface area (Å²) in [4.78, 5) is 20.2. The van der Waals surface area contributed by atoms with Gasteiger partial charge in [-0.15, -0.1) is 11.3 Å². The maximum atomic E-state index is 13.1. The molecule has 1 aromatic carbocycles. The summed E-state index contributed by atoms with van der Waals surface area (Å²) in [5.74, 6) is 0.743. The predicted molar refractivity (Wildman–Crippen MR) is 99.8 cm³/mol. The molecule has 2 aromatic heterocycles. The van der Waals surface area contributed by atoms with Gasteiger partial charge >= 0.3 is 0 Å². The first kappa shape index (κ1) is 17.1. The van der Waals surface area contributed by atoms with E-state index in [1.165, 1.54) is 11.3 Å². The van der Waals surface area contributed by atoms with Crippen LogP contribution in [-0.4, -0.2) is 46.6 Å². The molecule has 3 heterocycles. The summed E-state index contributed by atoms with van der Waals surface area (Å²) in [6, 6.07) is 7.80. The van der Waals surface area contributed by atoms with Crippen LogP contribution < -0.4 is 4.74 Å².